The van der Waals surface area contributed by atoms with Crippen molar-refractivity contribution < 1.29 is 28.6 Å². The number of fused-ring (bicyclic) bond motifs is 3. The maximum absolute atomic E-state index is 13.6. The van der Waals surface area contributed by atoms with Gasteiger partial charge in [-0.25, -0.2) is 9.67 Å². The highest BCUT2D eigenvalue weighted by Crippen LogP contribution is 2.29. The molecule has 2 aliphatic heterocycles. The second kappa shape index (κ2) is 14.3. The van der Waals surface area contributed by atoms with Crippen molar-refractivity contribution in [1.29, 1.82) is 0 Å². The maximum Gasteiger partial charge on any atom is 0.251 e. The van der Waals surface area contributed by atoms with Gasteiger partial charge in [0.15, 0.2) is 23.1 Å². The van der Waals surface area contributed by atoms with E-state index < -0.39 is 6.04 Å². The zero-order valence-electron chi connectivity index (χ0n) is 25.5. The lowest BCUT2D eigenvalue weighted by atomic mass is 9.98. The standard InChI is InChI=1S/C32H40N6O6/c1-21(2)28-30-35-29(22-7-5-4-6-8-22)36-38(30)15-18-44-26-19-24(9-10-25(26)42-3)31(40)33-13-14-37(20-27(39)34-28)32(41)23-11-16-43-17-12-23/h4-10,19,21,23,28H,11-18,20H2,1-3H3,(H,33,40)(H,34,39)/t28-/m1/s1. The van der Waals surface area contributed by atoms with E-state index in [9.17, 15) is 14.4 Å². The number of nitrogens with one attached hydrogen (secondary N) is 2. The smallest absolute Gasteiger partial charge is 0.251 e. The highest BCUT2D eigenvalue weighted by Gasteiger charge is 2.30. The number of hydrogen-bond donors (Lipinski definition) is 2. The molecular weight excluding hydrogens is 564 g/mol. The first kappa shape index (κ1) is 31.0. The van der Waals surface area contributed by atoms with Gasteiger partial charge >= 0.3 is 0 Å². The fourth-order valence-corrected chi connectivity index (χ4v) is 5.43. The Morgan fingerprint density at radius 2 is 1.80 bits per heavy atom. The normalized spacial score (nSPS) is 18.9. The van der Waals surface area contributed by atoms with Crippen LogP contribution in [0.5, 0.6) is 11.5 Å². The number of carbonyl (C=O) groups excluding carboxylic acids is 3. The lowest BCUT2D eigenvalue weighted by Gasteiger charge is -2.30. The minimum absolute atomic E-state index is 0.0377. The van der Waals surface area contributed by atoms with Crippen LogP contribution in [0.2, 0.25) is 0 Å². The zero-order chi connectivity index (χ0) is 31.1. The number of amides is 3. The number of nitrogens with zero attached hydrogens (tertiary/aromatic N) is 4. The van der Waals surface area contributed by atoms with E-state index in [0.717, 1.165) is 5.56 Å². The molecule has 12 heteroatoms. The Labute approximate surface area is 257 Å². The molecule has 2 bridgehead atoms. The number of rotatable bonds is 4. The Morgan fingerprint density at radius 3 is 2.52 bits per heavy atom. The molecule has 0 unspecified atom stereocenters. The number of benzene rings is 2. The average molecular weight is 605 g/mol. The fourth-order valence-electron chi connectivity index (χ4n) is 5.43. The second-order valence-electron chi connectivity index (χ2n) is 11.3. The molecule has 2 N–H and O–H groups in total. The zero-order valence-corrected chi connectivity index (χ0v) is 25.5. The van der Waals surface area contributed by atoms with Crippen LogP contribution in [-0.4, -0.2) is 84.0 Å². The van der Waals surface area contributed by atoms with Crippen molar-refractivity contribution in [2.75, 3.05) is 46.6 Å². The first-order valence-corrected chi connectivity index (χ1v) is 15.1. The number of ether oxygens (including phenoxy) is 3. The third kappa shape index (κ3) is 7.36. The van der Waals surface area contributed by atoms with Gasteiger partial charge in [0.1, 0.15) is 6.61 Å². The van der Waals surface area contributed by atoms with Crippen LogP contribution in [0.3, 0.4) is 0 Å². The van der Waals surface area contributed by atoms with Crippen LogP contribution in [0.1, 0.15) is 48.9 Å². The third-order valence-electron chi connectivity index (χ3n) is 7.86. The van der Waals surface area contributed by atoms with Crippen molar-refractivity contribution in [3.05, 3.63) is 59.9 Å². The summed E-state index contributed by atoms with van der Waals surface area (Å²) in [6.07, 6.45) is 1.19. The van der Waals surface area contributed by atoms with Crippen LogP contribution >= 0.6 is 0 Å². The highest BCUT2D eigenvalue weighted by molar-refractivity contribution is 5.95. The lowest BCUT2D eigenvalue weighted by Crippen LogP contribution is -2.48. The SMILES string of the molecule is COc1ccc2cc1OCCn1nc(-c3ccccc3)nc1[C@@H](C(C)C)NC(=O)CN(C(=O)C1CCOCC1)CCNC2=O. The summed E-state index contributed by atoms with van der Waals surface area (Å²) in [6.45, 7) is 5.74. The number of hydrogen-bond acceptors (Lipinski definition) is 8. The molecule has 1 saturated heterocycles. The predicted octanol–water partition coefficient (Wildman–Crippen LogP) is 2.84. The molecule has 5 rings (SSSR count). The molecular formula is C32H40N6O6. The predicted molar refractivity (Wildman–Crippen MR) is 162 cm³/mol. The van der Waals surface area contributed by atoms with Crippen molar-refractivity contribution in [3.8, 4) is 22.9 Å². The van der Waals surface area contributed by atoms with E-state index >= 15 is 0 Å². The molecule has 2 aliphatic rings. The Hall–Kier alpha value is -4.45. The summed E-state index contributed by atoms with van der Waals surface area (Å²) < 4.78 is 18.8. The average Bonchev–Trinajstić information content (AvgIpc) is 3.46. The monoisotopic (exact) mass is 604 g/mol. The topological polar surface area (TPSA) is 137 Å². The summed E-state index contributed by atoms with van der Waals surface area (Å²) in [5, 5.41) is 10.8. The van der Waals surface area contributed by atoms with Gasteiger partial charge in [0, 0.05) is 43.3 Å². The molecule has 12 nitrogen and oxygen atoms in total. The summed E-state index contributed by atoms with van der Waals surface area (Å²) in [6, 6.07) is 14.1. The lowest BCUT2D eigenvalue weighted by molar-refractivity contribution is -0.142. The van der Waals surface area contributed by atoms with E-state index in [2.05, 4.69) is 10.6 Å². The number of methoxy groups -OCH3 is 1. The molecule has 1 atom stereocenters. The molecule has 3 amide bonds. The van der Waals surface area contributed by atoms with Crippen LogP contribution in [0.15, 0.2) is 48.5 Å². The molecule has 3 heterocycles. The van der Waals surface area contributed by atoms with E-state index in [1.165, 1.54) is 4.90 Å². The minimum Gasteiger partial charge on any atom is -0.493 e. The molecule has 0 aliphatic carbocycles. The maximum atomic E-state index is 13.6. The van der Waals surface area contributed by atoms with E-state index in [-0.39, 0.29) is 55.8 Å². The molecule has 0 radical (unpaired) electrons. The van der Waals surface area contributed by atoms with Gasteiger partial charge in [-0.1, -0.05) is 44.2 Å². The van der Waals surface area contributed by atoms with Gasteiger partial charge in [-0.2, -0.15) is 5.10 Å². The third-order valence-corrected chi connectivity index (χ3v) is 7.86. The van der Waals surface area contributed by atoms with Gasteiger partial charge in [-0.3, -0.25) is 14.4 Å². The highest BCUT2D eigenvalue weighted by atomic mass is 16.5. The fraction of sp³-hybridized carbons (Fsp3) is 0.469. The van der Waals surface area contributed by atoms with Crippen LogP contribution in [0.4, 0.5) is 0 Å². The van der Waals surface area contributed by atoms with E-state index in [1.807, 2.05) is 44.2 Å². The van der Waals surface area contributed by atoms with Gasteiger partial charge < -0.3 is 29.7 Å². The first-order chi connectivity index (χ1) is 21.3. The molecule has 0 spiro atoms. The second-order valence-corrected chi connectivity index (χ2v) is 11.3. The Morgan fingerprint density at radius 1 is 1.02 bits per heavy atom. The van der Waals surface area contributed by atoms with Crippen molar-refractivity contribution in [2.24, 2.45) is 11.8 Å². The first-order valence-electron chi connectivity index (χ1n) is 15.1. The minimum atomic E-state index is -0.485. The Bertz CT molecular complexity index is 1450. The van der Waals surface area contributed by atoms with Crippen LogP contribution < -0.4 is 20.1 Å². The van der Waals surface area contributed by atoms with Crippen molar-refractivity contribution in [3.63, 3.8) is 0 Å². The van der Waals surface area contributed by atoms with E-state index in [1.54, 1.807) is 30.0 Å². The van der Waals surface area contributed by atoms with Gasteiger partial charge in [-0.15, -0.1) is 0 Å². The summed E-state index contributed by atoms with van der Waals surface area (Å²) in [4.78, 5) is 46.6. The molecule has 234 valence electrons. The summed E-state index contributed by atoms with van der Waals surface area (Å²) in [7, 11) is 1.54. The van der Waals surface area contributed by atoms with Crippen molar-refractivity contribution in [1.82, 2.24) is 30.3 Å². The largest absolute Gasteiger partial charge is 0.493 e. The Kier molecular flexibility index (Phi) is 10.1. The van der Waals surface area contributed by atoms with E-state index in [0.29, 0.717) is 61.3 Å². The Balaban J connectivity index is 1.50. The molecule has 0 saturated carbocycles. The number of carbonyl (C=O) groups is 3. The molecule has 44 heavy (non-hydrogen) atoms. The summed E-state index contributed by atoms with van der Waals surface area (Å²) in [5.41, 5.74) is 1.23. The quantitative estimate of drug-likeness (QED) is 0.464. The van der Waals surface area contributed by atoms with Crippen LogP contribution in [0.25, 0.3) is 11.4 Å². The van der Waals surface area contributed by atoms with Gasteiger partial charge in [0.25, 0.3) is 5.91 Å². The molecule has 1 fully saturated rings. The van der Waals surface area contributed by atoms with E-state index in [4.69, 9.17) is 24.3 Å². The number of aromatic nitrogens is 3. The van der Waals surface area contributed by atoms with Crippen LogP contribution in [-0.2, 0) is 20.9 Å². The molecule has 1 aromatic heterocycles. The van der Waals surface area contributed by atoms with Crippen molar-refractivity contribution in [2.45, 2.75) is 39.3 Å². The van der Waals surface area contributed by atoms with Crippen LogP contribution in [0, 0.1) is 11.8 Å². The summed E-state index contributed by atoms with van der Waals surface area (Å²) in [5.74, 6) is 0.986. The van der Waals surface area contributed by atoms with Gasteiger partial charge in [0.2, 0.25) is 11.8 Å². The molecule has 2 aromatic carbocycles. The van der Waals surface area contributed by atoms with Gasteiger partial charge in [0.05, 0.1) is 26.2 Å². The van der Waals surface area contributed by atoms with Gasteiger partial charge in [-0.05, 0) is 37.0 Å². The summed E-state index contributed by atoms with van der Waals surface area (Å²) >= 11 is 0. The molecule has 3 aromatic rings. The van der Waals surface area contributed by atoms with Crippen molar-refractivity contribution >= 4 is 17.7 Å².